The molecule has 0 aliphatic rings. The topological polar surface area (TPSA) is 64.7 Å². The van der Waals surface area contributed by atoms with Crippen molar-refractivity contribution in [1.29, 1.82) is 0 Å². The molecule has 0 fully saturated rings. The Bertz CT molecular complexity index is 584. The second-order valence-corrected chi connectivity index (χ2v) is 5.01. The van der Waals surface area contributed by atoms with Crippen LogP contribution < -0.4 is 5.32 Å². The van der Waals surface area contributed by atoms with Crippen LogP contribution >= 0.6 is 11.6 Å². The van der Waals surface area contributed by atoms with Gasteiger partial charge in [-0.05, 0) is 26.8 Å². The summed E-state index contributed by atoms with van der Waals surface area (Å²) in [5.41, 5.74) is 1.55. The maximum atomic E-state index is 12.1. The fourth-order valence-corrected chi connectivity index (χ4v) is 1.92. The van der Waals surface area contributed by atoms with E-state index in [-0.39, 0.29) is 5.91 Å². The predicted octanol–water partition coefficient (Wildman–Crippen LogP) is 1.94. The molecule has 0 aliphatic carbocycles. The van der Waals surface area contributed by atoms with E-state index in [1.165, 1.54) is 0 Å². The third-order valence-electron chi connectivity index (χ3n) is 3.10. The molecule has 0 saturated heterocycles. The molecule has 20 heavy (non-hydrogen) atoms. The van der Waals surface area contributed by atoms with E-state index in [0.717, 1.165) is 12.2 Å². The Morgan fingerprint density at radius 1 is 1.50 bits per heavy atom. The Kier molecular flexibility index (Phi) is 4.44. The van der Waals surface area contributed by atoms with E-state index in [2.05, 4.69) is 15.5 Å². The Morgan fingerprint density at radius 3 is 2.80 bits per heavy atom. The molecule has 2 heterocycles. The number of halogens is 1. The van der Waals surface area contributed by atoms with E-state index in [1.54, 1.807) is 24.7 Å². The second kappa shape index (κ2) is 6.09. The largest absolute Gasteiger partial charge is 0.349 e. The van der Waals surface area contributed by atoms with Gasteiger partial charge in [-0.3, -0.25) is 14.2 Å². The minimum Gasteiger partial charge on any atom is -0.349 e. The zero-order valence-electron chi connectivity index (χ0n) is 11.8. The molecule has 108 valence electrons. The summed E-state index contributed by atoms with van der Waals surface area (Å²) in [7, 11) is 0. The van der Waals surface area contributed by atoms with Crippen LogP contribution in [0.15, 0.2) is 18.5 Å². The molecule has 2 aromatic rings. The molecule has 2 rings (SSSR count). The number of aromatic nitrogens is 4. The zero-order valence-corrected chi connectivity index (χ0v) is 12.6. The monoisotopic (exact) mass is 295 g/mol. The molecule has 1 amide bonds. The van der Waals surface area contributed by atoms with E-state index in [9.17, 15) is 4.79 Å². The molecule has 1 atom stereocenters. The number of hydrogen-bond donors (Lipinski definition) is 1. The summed E-state index contributed by atoms with van der Waals surface area (Å²) in [5, 5.41) is 11.9. The lowest BCUT2D eigenvalue weighted by atomic mass is 10.3. The Balaban J connectivity index is 1.94. The highest BCUT2D eigenvalue weighted by atomic mass is 35.5. The normalized spacial score (nSPS) is 12.4. The first kappa shape index (κ1) is 14.6. The lowest BCUT2D eigenvalue weighted by Gasteiger charge is -2.11. The van der Waals surface area contributed by atoms with Gasteiger partial charge in [-0.15, -0.1) is 0 Å². The summed E-state index contributed by atoms with van der Waals surface area (Å²) in [5.74, 6) is -0.116. The van der Waals surface area contributed by atoms with Crippen molar-refractivity contribution in [3.8, 4) is 0 Å². The minimum atomic E-state index is -0.408. The molecule has 0 radical (unpaired) electrons. The summed E-state index contributed by atoms with van der Waals surface area (Å²) in [6.45, 7) is 6.82. The van der Waals surface area contributed by atoms with Gasteiger partial charge in [0.1, 0.15) is 6.04 Å². The summed E-state index contributed by atoms with van der Waals surface area (Å²) in [4.78, 5) is 12.1. The van der Waals surface area contributed by atoms with E-state index in [4.69, 9.17) is 11.6 Å². The molecule has 0 saturated carbocycles. The van der Waals surface area contributed by atoms with E-state index >= 15 is 0 Å². The highest BCUT2D eigenvalue weighted by molar-refractivity contribution is 6.31. The van der Waals surface area contributed by atoms with E-state index < -0.39 is 6.04 Å². The third kappa shape index (κ3) is 3.19. The second-order valence-electron chi connectivity index (χ2n) is 4.60. The van der Waals surface area contributed by atoms with Crippen LogP contribution in [-0.2, 0) is 17.9 Å². The lowest BCUT2D eigenvalue weighted by Crippen LogP contribution is -2.31. The quantitative estimate of drug-likeness (QED) is 0.917. The molecule has 1 unspecified atom stereocenters. The highest BCUT2D eigenvalue weighted by Gasteiger charge is 2.17. The van der Waals surface area contributed by atoms with Crippen molar-refractivity contribution in [2.24, 2.45) is 0 Å². The van der Waals surface area contributed by atoms with Crippen LogP contribution in [0, 0.1) is 6.92 Å². The number of carbonyl (C=O) groups excluding carboxylic acids is 1. The van der Waals surface area contributed by atoms with Gasteiger partial charge in [-0.2, -0.15) is 10.2 Å². The number of nitrogens with one attached hydrogen (secondary N) is 1. The average molecular weight is 296 g/mol. The summed E-state index contributed by atoms with van der Waals surface area (Å²) in [6, 6.07) is 1.48. The van der Waals surface area contributed by atoms with Gasteiger partial charge >= 0.3 is 0 Å². The molecule has 6 nitrogen and oxygen atoms in total. The van der Waals surface area contributed by atoms with Crippen LogP contribution in [0.1, 0.15) is 31.3 Å². The van der Waals surface area contributed by atoms with Gasteiger partial charge in [0.2, 0.25) is 5.91 Å². The highest BCUT2D eigenvalue weighted by Crippen LogP contribution is 2.15. The fraction of sp³-hybridized carbons (Fsp3) is 0.462. The van der Waals surface area contributed by atoms with Gasteiger partial charge in [0.05, 0.1) is 23.0 Å². The Labute approximate surface area is 122 Å². The predicted molar refractivity (Wildman–Crippen MR) is 76.4 cm³/mol. The first-order chi connectivity index (χ1) is 9.51. The van der Waals surface area contributed by atoms with Crippen LogP contribution in [0.5, 0.6) is 0 Å². The SMILES string of the molecule is CCn1ccc(CNC(=O)C(C)n2cc(Cl)c(C)n2)n1. The van der Waals surface area contributed by atoms with Crippen LogP contribution in [0.4, 0.5) is 0 Å². The van der Waals surface area contributed by atoms with Crippen molar-refractivity contribution >= 4 is 17.5 Å². The van der Waals surface area contributed by atoms with E-state index in [1.807, 2.05) is 23.9 Å². The van der Waals surface area contributed by atoms with Crippen molar-refractivity contribution in [1.82, 2.24) is 24.9 Å². The number of hydrogen-bond acceptors (Lipinski definition) is 3. The van der Waals surface area contributed by atoms with E-state index in [0.29, 0.717) is 17.3 Å². The number of aryl methyl sites for hydroxylation is 2. The van der Waals surface area contributed by atoms with Crippen LogP contribution in [0.3, 0.4) is 0 Å². The molecular weight excluding hydrogens is 278 g/mol. The molecular formula is C13H18ClN5O. The lowest BCUT2D eigenvalue weighted by molar-refractivity contribution is -0.124. The Morgan fingerprint density at radius 2 is 2.25 bits per heavy atom. The van der Waals surface area contributed by atoms with Gasteiger partial charge in [-0.25, -0.2) is 0 Å². The van der Waals surface area contributed by atoms with Crippen molar-refractivity contribution in [2.45, 2.75) is 39.9 Å². The van der Waals surface area contributed by atoms with Crippen LogP contribution in [0.2, 0.25) is 5.02 Å². The number of amides is 1. The molecule has 0 spiro atoms. The average Bonchev–Trinajstić information content (AvgIpc) is 3.02. The van der Waals surface area contributed by atoms with Gasteiger partial charge in [0.25, 0.3) is 0 Å². The number of carbonyl (C=O) groups is 1. The van der Waals surface area contributed by atoms with Crippen LogP contribution in [-0.4, -0.2) is 25.5 Å². The first-order valence-corrected chi connectivity index (χ1v) is 6.90. The van der Waals surface area contributed by atoms with Crippen molar-refractivity contribution in [2.75, 3.05) is 0 Å². The third-order valence-corrected chi connectivity index (χ3v) is 3.47. The smallest absolute Gasteiger partial charge is 0.244 e. The van der Waals surface area contributed by atoms with Crippen molar-refractivity contribution < 1.29 is 4.79 Å². The standard InChI is InChI=1S/C13H18ClN5O/c1-4-18-6-5-11(17-18)7-15-13(20)10(3)19-8-12(14)9(2)16-19/h5-6,8,10H,4,7H2,1-3H3,(H,15,20). The van der Waals surface area contributed by atoms with Gasteiger partial charge < -0.3 is 5.32 Å². The molecule has 7 heteroatoms. The summed E-state index contributed by atoms with van der Waals surface area (Å²) in [6.07, 6.45) is 3.55. The van der Waals surface area contributed by atoms with Gasteiger partial charge in [0.15, 0.2) is 0 Å². The number of rotatable bonds is 5. The van der Waals surface area contributed by atoms with Crippen molar-refractivity contribution in [3.63, 3.8) is 0 Å². The molecule has 0 aliphatic heterocycles. The van der Waals surface area contributed by atoms with Crippen LogP contribution in [0.25, 0.3) is 0 Å². The summed E-state index contributed by atoms with van der Waals surface area (Å²) >= 11 is 5.94. The zero-order chi connectivity index (χ0) is 14.7. The molecule has 1 N–H and O–H groups in total. The molecule has 0 aromatic carbocycles. The van der Waals surface area contributed by atoms with Gasteiger partial charge in [-0.1, -0.05) is 11.6 Å². The maximum absolute atomic E-state index is 12.1. The Hall–Kier alpha value is -1.82. The summed E-state index contributed by atoms with van der Waals surface area (Å²) < 4.78 is 3.39. The molecule has 0 bridgehead atoms. The molecule has 2 aromatic heterocycles. The minimum absolute atomic E-state index is 0.116. The van der Waals surface area contributed by atoms with Crippen molar-refractivity contribution in [3.05, 3.63) is 34.9 Å². The maximum Gasteiger partial charge on any atom is 0.244 e. The van der Waals surface area contributed by atoms with Gasteiger partial charge in [0, 0.05) is 18.9 Å². The first-order valence-electron chi connectivity index (χ1n) is 6.52. The fourth-order valence-electron chi connectivity index (χ4n) is 1.78. The number of nitrogens with zero attached hydrogens (tertiary/aromatic N) is 4.